The average molecular weight is 421 g/mol. The van der Waals surface area contributed by atoms with Gasteiger partial charge >= 0.3 is 11.9 Å². The Hall–Kier alpha value is -2.60. The van der Waals surface area contributed by atoms with E-state index in [0.717, 1.165) is 18.6 Å². The molecule has 0 aliphatic rings. The van der Waals surface area contributed by atoms with Crippen molar-refractivity contribution in [3.8, 4) is 5.69 Å². The van der Waals surface area contributed by atoms with Crippen molar-refractivity contribution in [2.45, 2.75) is 19.2 Å². The summed E-state index contributed by atoms with van der Waals surface area (Å²) in [5.74, 6) is 0. The topological polar surface area (TPSA) is 66.1 Å². The van der Waals surface area contributed by atoms with Crippen LogP contribution in [0.25, 0.3) is 15.8 Å². The molecule has 2 heterocycles. The summed E-state index contributed by atoms with van der Waals surface area (Å²) >= 11 is 1.06. The van der Waals surface area contributed by atoms with Gasteiger partial charge in [0.05, 0.1) is 22.7 Å². The predicted octanol–water partition coefficient (Wildman–Crippen LogP) is 2.95. The molecule has 0 saturated carbocycles. The van der Waals surface area contributed by atoms with Crippen LogP contribution in [0.4, 0.5) is 22.0 Å². The monoisotopic (exact) mass is 421 g/mol. The number of aromatic nitrogens is 3. The van der Waals surface area contributed by atoms with Crippen molar-refractivity contribution < 1.29 is 26.7 Å². The van der Waals surface area contributed by atoms with Gasteiger partial charge in [-0.05, 0) is 29.7 Å². The Morgan fingerprint density at radius 2 is 1.93 bits per heavy atom. The maximum atomic E-state index is 13.0. The van der Waals surface area contributed by atoms with Gasteiger partial charge in [0.25, 0.3) is 12.0 Å². The Kier molecular flexibility index (Phi) is 5.35. The molecular formula is C16H12F5N3O3S. The lowest BCUT2D eigenvalue weighted by atomic mass is 10.2. The Morgan fingerprint density at radius 1 is 1.21 bits per heavy atom. The molecule has 28 heavy (non-hydrogen) atoms. The minimum Gasteiger partial charge on any atom is -0.369 e. The van der Waals surface area contributed by atoms with Crippen molar-refractivity contribution in [1.29, 1.82) is 0 Å². The Balaban J connectivity index is 2.08. The average Bonchev–Trinajstić information content (AvgIpc) is 2.99. The fraction of sp³-hybridized carbons (Fsp3) is 0.312. The number of fused-ring (bicyclic) bond motifs is 1. The molecule has 0 fully saturated rings. The van der Waals surface area contributed by atoms with Crippen LogP contribution in [0, 0.1) is 0 Å². The third kappa shape index (κ3) is 3.83. The van der Waals surface area contributed by atoms with Gasteiger partial charge < -0.3 is 4.74 Å². The van der Waals surface area contributed by atoms with E-state index in [1.54, 1.807) is 0 Å². The minimum atomic E-state index is -4.86. The smallest absolute Gasteiger partial charge is 0.369 e. The van der Waals surface area contributed by atoms with E-state index >= 15 is 0 Å². The largest absolute Gasteiger partial charge is 0.431 e. The van der Waals surface area contributed by atoms with Crippen molar-refractivity contribution in [2.75, 3.05) is 6.61 Å². The second-order valence-corrected chi connectivity index (χ2v) is 6.56. The van der Waals surface area contributed by atoms with Crippen LogP contribution in [-0.2, 0) is 24.6 Å². The van der Waals surface area contributed by atoms with Crippen LogP contribution in [0.5, 0.6) is 0 Å². The summed E-state index contributed by atoms with van der Waals surface area (Å²) in [5, 5.41) is 0.450. The van der Waals surface area contributed by atoms with Crippen LogP contribution < -0.4 is 11.2 Å². The van der Waals surface area contributed by atoms with Crippen molar-refractivity contribution >= 4 is 21.6 Å². The van der Waals surface area contributed by atoms with E-state index in [9.17, 15) is 31.5 Å². The highest BCUT2D eigenvalue weighted by Gasteiger charge is 2.35. The first-order chi connectivity index (χ1) is 13.1. The first-order valence-electron chi connectivity index (χ1n) is 7.74. The van der Waals surface area contributed by atoms with Gasteiger partial charge in [0, 0.05) is 18.5 Å². The zero-order valence-electron chi connectivity index (χ0n) is 14.2. The van der Waals surface area contributed by atoms with E-state index in [1.807, 2.05) is 0 Å². The SMILES string of the molecule is Cn1c(C(F)(F)F)cc(=O)n(-c2ccc3snc(COCC(F)F)c3c2)c1=O. The molecule has 0 atom stereocenters. The summed E-state index contributed by atoms with van der Waals surface area (Å²) < 4.78 is 73.8. The lowest BCUT2D eigenvalue weighted by Crippen LogP contribution is -2.40. The van der Waals surface area contributed by atoms with Crippen LogP contribution in [0.15, 0.2) is 33.9 Å². The normalized spacial score (nSPS) is 12.2. The molecule has 1 aromatic carbocycles. The fourth-order valence-corrected chi connectivity index (χ4v) is 3.36. The molecule has 2 aromatic heterocycles. The molecule has 0 saturated heterocycles. The molecule has 0 aliphatic carbocycles. The second kappa shape index (κ2) is 7.43. The van der Waals surface area contributed by atoms with Gasteiger partial charge in [0.1, 0.15) is 12.3 Å². The zero-order valence-corrected chi connectivity index (χ0v) is 15.0. The van der Waals surface area contributed by atoms with Crippen LogP contribution in [0.2, 0.25) is 0 Å². The molecule has 0 aliphatic heterocycles. The molecule has 0 unspecified atom stereocenters. The molecule has 0 amide bonds. The van der Waals surface area contributed by atoms with Gasteiger partial charge in [-0.2, -0.15) is 17.5 Å². The molecular weight excluding hydrogens is 409 g/mol. The van der Waals surface area contributed by atoms with E-state index in [1.165, 1.54) is 18.2 Å². The van der Waals surface area contributed by atoms with Gasteiger partial charge in [-0.15, -0.1) is 0 Å². The molecule has 0 bridgehead atoms. The van der Waals surface area contributed by atoms with Crippen LogP contribution in [-0.4, -0.2) is 26.5 Å². The number of halogens is 5. The number of hydrogen-bond acceptors (Lipinski definition) is 5. The maximum Gasteiger partial charge on any atom is 0.431 e. The number of ether oxygens (including phenoxy) is 1. The quantitative estimate of drug-likeness (QED) is 0.595. The molecule has 3 aromatic rings. The zero-order chi connectivity index (χ0) is 20.6. The number of benzene rings is 1. The lowest BCUT2D eigenvalue weighted by Gasteiger charge is -2.14. The third-order valence-corrected chi connectivity index (χ3v) is 4.74. The summed E-state index contributed by atoms with van der Waals surface area (Å²) in [6.45, 7) is -0.995. The summed E-state index contributed by atoms with van der Waals surface area (Å²) in [7, 11) is 0.912. The van der Waals surface area contributed by atoms with Gasteiger partial charge in [-0.3, -0.25) is 9.36 Å². The van der Waals surface area contributed by atoms with E-state index in [-0.39, 0.29) is 12.3 Å². The van der Waals surface area contributed by atoms with Gasteiger partial charge in [-0.1, -0.05) is 0 Å². The molecule has 0 N–H and O–H groups in total. The highest BCUT2D eigenvalue weighted by Crippen LogP contribution is 2.28. The molecule has 150 valence electrons. The Labute approximate surface area is 157 Å². The predicted molar refractivity (Wildman–Crippen MR) is 91.1 cm³/mol. The molecule has 3 rings (SSSR count). The number of rotatable bonds is 5. The van der Waals surface area contributed by atoms with Crippen molar-refractivity contribution in [3.05, 3.63) is 56.5 Å². The molecule has 12 heteroatoms. The van der Waals surface area contributed by atoms with E-state index in [4.69, 9.17) is 4.74 Å². The van der Waals surface area contributed by atoms with Crippen LogP contribution in [0.3, 0.4) is 0 Å². The first-order valence-corrected chi connectivity index (χ1v) is 8.52. The standard InChI is InChI=1S/C16H12F5N3O3S/c1-23-12(16(19,20)21)5-14(25)24(15(23)26)8-2-3-11-9(4-8)10(22-28-11)6-27-7-13(17)18/h2-5,13H,6-7H2,1H3. The lowest BCUT2D eigenvalue weighted by molar-refractivity contribution is -0.144. The summed E-state index contributed by atoms with van der Waals surface area (Å²) in [5.41, 5.74) is -3.33. The third-order valence-electron chi connectivity index (χ3n) is 3.88. The van der Waals surface area contributed by atoms with Crippen LogP contribution >= 0.6 is 11.5 Å². The van der Waals surface area contributed by atoms with E-state index < -0.39 is 36.2 Å². The van der Waals surface area contributed by atoms with Gasteiger partial charge in [0.15, 0.2) is 0 Å². The maximum absolute atomic E-state index is 13.0. The highest BCUT2D eigenvalue weighted by atomic mass is 32.1. The fourth-order valence-electron chi connectivity index (χ4n) is 2.60. The summed E-state index contributed by atoms with van der Waals surface area (Å²) in [4.78, 5) is 24.6. The van der Waals surface area contributed by atoms with Crippen LogP contribution in [0.1, 0.15) is 11.4 Å². The van der Waals surface area contributed by atoms with Crippen molar-refractivity contribution in [3.63, 3.8) is 0 Å². The van der Waals surface area contributed by atoms with E-state index in [0.29, 0.717) is 31.0 Å². The van der Waals surface area contributed by atoms with E-state index in [2.05, 4.69) is 4.37 Å². The van der Waals surface area contributed by atoms with Gasteiger partial charge in [-0.25, -0.2) is 18.1 Å². The van der Waals surface area contributed by atoms with Crippen molar-refractivity contribution in [2.24, 2.45) is 7.05 Å². The van der Waals surface area contributed by atoms with Gasteiger partial charge in [0.2, 0.25) is 0 Å². The number of hydrogen-bond donors (Lipinski definition) is 0. The number of nitrogens with zero attached hydrogens (tertiary/aromatic N) is 3. The number of alkyl halides is 5. The Bertz CT molecular complexity index is 1130. The highest BCUT2D eigenvalue weighted by molar-refractivity contribution is 7.13. The molecule has 0 spiro atoms. The summed E-state index contributed by atoms with van der Waals surface area (Å²) in [6, 6.07) is 4.64. The first kappa shape index (κ1) is 20.1. The minimum absolute atomic E-state index is 0.0298. The molecule has 6 nitrogen and oxygen atoms in total. The molecule has 0 radical (unpaired) electrons. The van der Waals surface area contributed by atoms with Crippen molar-refractivity contribution in [1.82, 2.24) is 13.5 Å². The Morgan fingerprint density at radius 3 is 2.57 bits per heavy atom. The second-order valence-electron chi connectivity index (χ2n) is 5.76. The summed E-state index contributed by atoms with van der Waals surface area (Å²) in [6.07, 6.45) is -7.50.